The molecule has 5 rings (SSSR count). The Bertz CT molecular complexity index is 1740. The lowest BCUT2D eigenvalue weighted by Gasteiger charge is -2.10. The second-order valence-electron chi connectivity index (χ2n) is 8.71. The number of rotatable bonds is 9. The molecule has 10 nitrogen and oxygen atoms in total. The number of anilines is 1. The van der Waals surface area contributed by atoms with Crippen LogP contribution in [0.25, 0.3) is 21.3 Å². The number of aryl methyl sites for hydroxylation is 2. The SMILES string of the molecule is COc1ccccc1OCc1ccc(C(=O)Nc2c(C(N)=O)sc3nc(C(F)F)cc(-c4cn(C)nc4C)c23)o1. The summed E-state index contributed by atoms with van der Waals surface area (Å²) in [5, 5.41) is 7.27. The molecular formula is C27H23F2N5O5S. The van der Waals surface area contributed by atoms with E-state index >= 15 is 0 Å². The van der Waals surface area contributed by atoms with E-state index in [0.29, 0.717) is 39.5 Å². The molecule has 206 valence electrons. The van der Waals surface area contributed by atoms with Gasteiger partial charge in [0.1, 0.15) is 27.8 Å². The van der Waals surface area contributed by atoms with Crippen molar-refractivity contribution in [3.05, 3.63) is 76.4 Å². The number of hydrogen-bond acceptors (Lipinski definition) is 8. The van der Waals surface area contributed by atoms with E-state index in [9.17, 15) is 18.4 Å². The highest BCUT2D eigenvalue weighted by atomic mass is 32.1. The predicted molar refractivity (Wildman–Crippen MR) is 144 cm³/mol. The normalized spacial score (nSPS) is 11.2. The van der Waals surface area contributed by atoms with Gasteiger partial charge in [0.05, 0.1) is 18.5 Å². The fraction of sp³-hybridized carbons (Fsp3) is 0.185. The molecule has 1 aromatic carbocycles. The van der Waals surface area contributed by atoms with Crippen LogP contribution in [0.4, 0.5) is 14.5 Å². The zero-order valence-corrected chi connectivity index (χ0v) is 22.3. The molecule has 0 radical (unpaired) electrons. The van der Waals surface area contributed by atoms with Crippen molar-refractivity contribution >= 4 is 39.1 Å². The first-order valence-electron chi connectivity index (χ1n) is 11.9. The van der Waals surface area contributed by atoms with Gasteiger partial charge >= 0.3 is 0 Å². The Labute approximate surface area is 230 Å². The number of ether oxygens (including phenoxy) is 2. The maximum Gasteiger partial charge on any atom is 0.291 e. The summed E-state index contributed by atoms with van der Waals surface area (Å²) in [6, 6.07) is 11.3. The number of primary amides is 1. The zero-order valence-electron chi connectivity index (χ0n) is 21.5. The molecule has 0 saturated carbocycles. The smallest absolute Gasteiger partial charge is 0.291 e. The van der Waals surface area contributed by atoms with Crippen molar-refractivity contribution in [1.29, 1.82) is 0 Å². The van der Waals surface area contributed by atoms with Gasteiger partial charge < -0.3 is 24.9 Å². The number of aromatic nitrogens is 3. The van der Waals surface area contributed by atoms with Crippen LogP contribution in [0.2, 0.25) is 0 Å². The number of thiophene rings is 1. The summed E-state index contributed by atoms with van der Waals surface area (Å²) in [6.45, 7) is 1.74. The van der Waals surface area contributed by atoms with Gasteiger partial charge in [-0.3, -0.25) is 14.3 Å². The van der Waals surface area contributed by atoms with Crippen molar-refractivity contribution in [2.24, 2.45) is 12.8 Å². The van der Waals surface area contributed by atoms with Crippen molar-refractivity contribution in [3.63, 3.8) is 0 Å². The zero-order chi connectivity index (χ0) is 28.6. The molecule has 2 amide bonds. The summed E-state index contributed by atoms with van der Waals surface area (Å²) in [5.74, 6) is -0.203. The van der Waals surface area contributed by atoms with Gasteiger partial charge in [-0.05, 0) is 42.8 Å². The van der Waals surface area contributed by atoms with Crippen molar-refractivity contribution in [2.45, 2.75) is 20.0 Å². The van der Waals surface area contributed by atoms with Gasteiger partial charge in [0.25, 0.3) is 18.2 Å². The fourth-order valence-corrected chi connectivity index (χ4v) is 5.25. The minimum absolute atomic E-state index is 0.0202. The summed E-state index contributed by atoms with van der Waals surface area (Å²) in [4.78, 5) is 29.7. The molecule has 0 bridgehead atoms. The Hall–Kier alpha value is -4.78. The summed E-state index contributed by atoms with van der Waals surface area (Å²) in [5.41, 5.74) is 6.61. The van der Waals surface area contributed by atoms with Gasteiger partial charge in [-0.2, -0.15) is 5.10 Å². The molecule has 0 unspecified atom stereocenters. The Morgan fingerprint density at radius 3 is 2.58 bits per heavy atom. The van der Waals surface area contributed by atoms with Crippen LogP contribution in [-0.4, -0.2) is 33.7 Å². The van der Waals surface area contributed by atoms with Gasteiger partial charge in [-0.25, -0.2) is 13.8 Å². The van der Waals surface area contributed by atoms with Crippen LogP contribution in [0.5, 0.6) is 11.5 Å². The lowest BCUT2D eigenvalue weighted by molar-refractivity contribution is 0.0992. The quantitative estimate of drug-likeness (QED) is 0.241. The second kappa shape index (κ2) is 10.8. The molecule has 13 heteroatoms. The molecule has 0 saturated heterocycles. The molecule has 5 aromatic rings. The van der Waals surface area contributed by atoms with Crippen LogP contribution >= 0.6 is 11.3 Å². The lowest BCUT2D eigenvalue weighted by atomic mass is 10.0. The van der Waals surface area contributed by atoms with Gasteiger partial charge in [0, 0.05) is 24.2 Å². The van der Waals surface area contributed by atoms with E-state index in [1.54, 1.807) is 50.5 Å². The molecular weight excluding hydrogens is 544 g/mol. The number of nitrogens with zero attached hydrogens (tertiary/aromatic N) is 3. The first kappa shape index (κ1) is 26.8. The van der Waals surface area contributed by atoms with E-state index in [4.69, 9.17) is 19.6 Å². The number of hydrogen-bond donors (Lipinski definition) is 2. The van der Waals surface area contributed by atoms with Gasteiger partial charge in [0.2, 0.25) is 0 Å². The van der Waals surface area contributed by atoms with Crippen LogP contribution in [0.15, 0.2) is 53.1 Å². The van der Waals surface area contributed by atoms with Crippen molar-refractivity contribution in [2.75, 3.05) is 12.4 Å². The first-order valence-corrected chi connectivity index (χ1v) is 12.7. The first-order chi connectivity index (χ1) is 19.2. The standard InChI is InChI=1S/C27H23F2N5O5S/c1-13-16(11-34(2)33-13)15-10-17(24(28)29)31-27-21(15)22(23(40-27)25(30)35)32-26(36)20-9-8-14(39-20)12-38-19-7-5-4-6-18(19)37-3/h4-11,24H,12H2,1-3H3,(H2,30,35)(H,32,36). The number of pyridine rings is 1. The number of para-hydroxylation sites is 2. The van der Waals surface area contributed by atoms with Gasteiger partial charge in [-0.15, -0.1) is 11.3 Å². The molecule has 40 heavy (non-hydrogen) atoms. The van der Waals surface area contributed by atoms with E-state index in [-0.39, 0.29) is 27.8 Å². The molecule has 0 aliphatic carbocycles. The highest BCUT2D eigenvalue weighted by Crippen LogP contribution is 2.43. The van der Waals surface area contributed by atoms with E-state index in [2.05, 4.69) is 15.4 Å². The Kier molecular flexibility index (Phi) is 7.22. The number of nitrogens with one attached hydrogen (secondary N) is 1. The summed E-state index contributed by atoms with van der Waals surface area (Å²) in [7, 11) is 3.22. The third kappa shape index (κ3) is 5.10. The number of carbonyl (C=O) groups is 2. The number of methoxy groups -OCH3 is 1. The maximum absolute atomic E-state index is 13.7. The predicted octanol–water partition coefficient (Wildman–Crippen LogP) is 5.47. The highest BCUT2D eigenvalue weighted by molar-refractivity contribution is 7.21. The van der Waals surface area contributed by atoms with E-state index in [1.165, 1.54) is 23.9 Å². The van der Waals surface area contributed by atoms with E-state index in [1.807, 2.05) is 0 Å². The summed E-state index contributed by atoms with van der Waals surface area (Å²) >= 11 is 0.813. The molecule has 4 aromatic heterocycles. The third-order valence-electron chi connectivity index (χ3n) is 6.00. The van der Waals surface area contributed by atoms with Crippen molar-refractivity contribution in [3.8, 4) is 22.6 Å². The maximum atomic E-state index is 13.7. The van der Waals surface area contributed by atoms with Gasteiger partial charge in [-0.1, -0.05) is 12.1 Å². The third-order valence-corrected chi connectivity index (χ3v) is 7.09. The topological polar surface area (TPSA) is 134 Å². The number of benzene rings is 1. The van der Waals surface area contributed by atoms with Crippen LogP contribution in [0, 0.1) is 6.92 Å². The number of furan rings is 1. The number of halogens is 2. The van der Waals surface area contributed by atoms with Crippen LogP contribution in [-0.2, 0) is 13.7 Å². The summed E-state index contributed by atoms with van der Waals surface area (Å²) in [6.07, 6.45) is -1.20. The summed E-state index contributed by atoms with van der Waals surface area (Å²) < 4.78 is 45.7. The van der Waals surface area contributed by atoms with Crippen molar-refractivity contribution < 1.29 is 32.3 Å². The average Bonchev–Trinajstić information content (AvgIpc) is 3.64. The Balaban J connectivity index is 1.50. The minimum atomic E-state index is -2.86. The number of carbonyl (C=O) groups excluding carboxylic acids is 2. The second-order valence-corrected chi connectivity index (χ2v) is 9.71. The Morgan fingerprint density at radius 2 is 1.93 bits per heavy atom. The molecule has 3 N–H and O–H groups in total. The van der Waals surface area contributed by atoms with Gasteiger partial charge in [0.15, 0.2) is 17.3 Å². The van der Waals surface area contributed by atoms with Crippen LogP contribution in [0.3, 0.4) is 0 Å². The number of amides is 2. The minimum Gasteiger partial charge on any atom is -0.493 e. The van der Waals surface area contributed by atoms with E-state index < -0.39 is 23.9 Å². The number of nitrogens with two attached hydrogens (primary N) is 1. The molecule has 0 aliphatic rings. The molecule has 0 aliphatic heterocycles. The largest absolute Gasteiger partial charge is 0.493 e. The fourth-order valence-electron chi connectivity index (χ4n) is 4.24. The highest BCUT2D eigenvalue weighted by Gasteiger charge is 2.27. The number of fused-ring (bicyclic) bond motifs is 1. The number of alkyl halides is 2. The van der Waals surface area contributed by atoms with Crippen molar-refractivity contribution in [1.82, 2.24) is 14.8 Å². The Morgan fingerprint density at radius 1 is 1.18 bits per heavy atom. The van der Waals surface area contributed by atoms with Crippen LogP contribution < -0.4 is 20.5 Å². The monoisotopic (exact) mass is 567 g/mol. The average molecular weight is 568 g/mol. The van der Waals surface area contributed by atoms with Crippen LogP contribution in [0.1, 0.15) is 43.8 Å². The molecule has 0 fully saturated rings. The lowest BCUT2D eigenvalue weighted by Crippen LogP contribution is -2.16. The molecule has 0 atom stereocenters. The molecule has 0 spiro atoms. The van der Waals surface area contributed by atoms with E-state index in [0.717, 1.165) is 11.3 Å². The molecule has 4 heterocycles.